The number of anilines is 1. The van der Waals surface area contributed by atoms with Gasteiger partial charge in [-0.05, 0) is 44.0 Å². The van der Waals surface area contributed by atoms with Crippen LogP contribution in [-0.4, -0.2) is 38.2 Å². The van der Waals surface area contributed by atoms with Crippen molar-refractivity contribution in [2.24, 2.45) is 0 Å². The SMILES string of the molecule is COC(=O)c1cccc(NC(=O)NCC[C@H]2CCCN2)c1.Cl. The normalized spacial score (nSPS) is 16.5. The van der Waals surface area contributed by atoms with Crippen LogP contribution in [0.1, 0.15) is 29.6 Å². The number of methoxy groups -OCH3 is 1. The van der Waals surface area contributed by atoms with Crippen LogP contribution in [0.15, 0.2) is 24.3 Å². The van der Waals surface area contributed by atoms with Gasteiger partial charge < -0.3 is 20.7 Å². The summed E-state index contributed by atoms with van der Waals surface area (Å²) >= 11 is 0. The maximum atomic E-state index is 11.8. The third kappa shape index (κ3) is 5.54. The lowest BCUT2D eigenvalue weighted by Crippen LogP contribution is -2.33. The monoisotopic (exact) mass is 327 g/mol. The molecule has 1 fully saturated rings. The third-order valence-corrected chi connectivity index (χ3v) is 3.48. The van der Waals surface area contributed by atoms with Gasteiger partial charge in [-0.1, -0.05) is 6.07 Å². The predicted molar refractivity (Wildman–Crippen MR) is 87.7 cm³/mol. The average molecular weight is 328 g/mol. The summed E-state index contributed by atoms with van der Waals surface area (Å²) in [6, 6.07) is 6.89. The van der Waals surface area contributed by atoms with E-state index in [2.05, 4.69) is 20.7 Å². The first-order valence-electron chi connectivity index (χ1n) is 7.15. The molecule has 1 heterocycles. The van der Waals surface area contributed by atoms with Crippen molar-refractivity contribution in [3.63, 3.8) is 0 Å². The van der Waals surface area contributed by atoms with E-state index in [0.29, 0.717) is 23.8 Å². The van der Waals surface area contributed by atoms with Gasteiger partial charge in [-0.3, -0.25) is 0 Å². The molecule has 6 nitrogen and oxygen atoms in total. The fourth-order valence-corrected chi connectivity index (χ4v) is 2.38. The zero-order valence-electron chi connectivity index (χ0n) is 12.6. The number of urea groups is 1. The Bertz CT molecular complexity index is 505. The Hall–Kier alpha value is -1.79. The molecular weight excluding hydrogens is 306 g/mol. The van der Waals surface area contributed by atoms with Gasteiger partial charge in [0.15, 0.2) is 0 Å². The zero-order valence-corrected chi connectivity index (χ0v) is 13.4. The lowest BCUT2D eigenvalue weighted by atomic mass is 10.1. The van der Waals surface area contributed by atoms with Gasteiger partial charge in [-0.25, -0.2) is 9.59 Å². The van der Waals surface area contributed by atoms with Crippen LogP contribution >= 0.6 is 12.4 Å². The molecule has 0 spiro atoms. The van der Waals surface area contributed by atoms with Gasteiger partial charge in [0.1, 0.15) is 0 Å². The molecule has 22 heavy (non-hydrogen) atoms. The van der Waals surface area contributed by atoms with Crippen molar-refractivity contribution < 1.29 is 14.3 Å². The van der Waals surface area contributed by atoms with Gasteiger partial charge >= 0.3 is 12.0 Å². The van der Waals surface area contributed by atoms with E-state index < -0.39 is 5.97 Å². The lowest BCUT2D eigenvalue weighted by Gasteiger charge is -2.11. The minimum Gasteiger partial charge on any atom is -0.465 e. The molecule has 1 saturated heterocycles. The molecule has 1 aliphatic heterocycles. The molecule has 0 radical (unpaired) electrons. The molecule has 0 aromatic heterocycles. The molecule has 0 aliphatic carbocycles. The molecule has 1 atom stereocenters. The first-order valence-corrected chi connectivity index (χ1v) is 7.15. The summed E-state index contributed by atoms with van der Waals surface area (Å²) in [6.07, 6.45) is 3.30. The number of amides is 2. The Kier molecular flexibility index (Phi) is 7.70. The minimum atomic E-state index is -0.425. The summed E-state index contributed by atoms with van der Waals surface area (Å²) < 4.78 is 4.64. The van der Waals surface area contributed by atoms with Gasteiger partial charge in [0.25, 0.3) is 0 Å². The van der Waals surface area contributed by atoms with E-state index in [4.69, 9.17) is 0 Å². The highest BCUT2D eigenvalue weighted by atomic mass is 35.5. The Morgan fingerprint density at radius 1 is 1.41 bits per heavy atom. The van der Waals surface area contributed by atoms with E-state index in [0.717, 1.165) is 13.0 Å². The van der Waals surface area contributed by atoms with Crippen LogP contribution in [0, 0.1) is 0 Å². The molecule has 1 aliphatic rings. The maximum Gasteiger partial charge on any atom is 0.337 e. The number of rotatable bonds is 5. The summed E-state index contributed by atoms with van der Waals surface area (Å²) in [5.74, 6) is -0.425. The minimum absolute atomic E-state index is 0. The molecule has 122 valence electrons. The molecule has 1 aromatic rings. The van der Waals surface area contributed by atoms with Crippen molar-refractivity contribution in [1.82, 2.24) is 10.6 Å². The van der Waals surface area contributed by atoms with E-state index in [1.807, 2.05) is 0 Å². The number of carbonyl (C=O) groups is 2. The zero-order chi connectivity index (χ0) is 15.1. The van der Waals surface area contributed by atoms with Crippen molar-refractivity contribution in [3.05, 3.63) is 29.8 Å². The second-order valence-electron chi connectivity index (χ2n) is 5.04. The van der Waals surface area contributed by atoms with Crippen LogP contribution < -0.4 is 16.0 Å². The summed E-state index contributed by atoms with van der Waals surface area (Å²) in [6.45, 7) is 1.69. The van der Waals surface area contributed by atoms with Gasteiger partial charge in [-0.15, -0.1) is 12.4 Å². The lowest BCUT2D eigenvalue weighted by molar-refractivity contribution is 0.0600. The molecule has 3 N–H and O–H groups in total. The summed E-state index contributed by atoms with van der Waals surface area (Å²) in [4.78, 5) is 23.2. The Labute approximate surface area is 136 Å². The maximum absolute atomic E-state index is 11.8. The topological polar surface area (TPSA) is 79.5 Å². The number of halogens is 1. The quantitative estimate of drug-likeness (QED) is 0.724. The van der Waals surface area contributed by atoms with Crippen LogP contribution in [0.5, 0.6) is 0 Å². The Balaban J connectivity index is 0.00000242. The Morgan fingerprint density at radius 2 is 2.23 bits per heavy atom. The molecule has 1 aromatic carbocycles. The molecule has 2 rings (SSSR count). The summed E-state index contributed by atoms with van der Waals surface area (Å²) in [5, 5.41) is 8.91. The number of hydrogen-bond acceptors (Lipinski definition) is 4. The number of benzene rings is 1. The van der Waals surface area contributed by atoms with Crippen molar-refractivity contribution >= 4 is 30.1 Å². The second kappa shape index (κ2) is 9.27. The van der Waals surface area contributed by atoms with Crippen molar-refractivity contribution in [2.75, 3.05) is 25.5 Å². The summed E-state index contributed by atoms with van der Waals surface area (Å²) in [7, 11) is 1.33. The fourth-order valence-electron chi connectivity index (χ4n) is 2.38. The smallest absolute Gasteiger partial charge is 0.337 e. The van der Waals surface area contributed by atoms with Gasteiger partial charge in [0.2, 0.25) is 0 Å². The number of hydrogen-bond donors (Lipinski definition) is 3. The average Bonchev–Trinajstić information content (AvgIpc) is 3.00. The highest BCUT2D eigenvalue weighted by Gasteiger charge is 2.13. The standard InChI is InChI=1S/C15H21N3O3.ClH/c1-21-14(19)11-4-2-5-13(10-11)18-15(20)17-9-7-12-6-3-8-16-12;/h2,4-5,10,12,16H,3,6-9H2,1H3,(H2,17,18,20);1H/t12-;/m1./s1. The van der Waals surface area contributed by atoms with E-state index in [9.17, 15) is 9.59 Å². The van der Waals surface area contributed by atoms with Crippen LogP contribution in [0.25, 0.3) is 0 Å². The van der Waals surface area contributed by atoms with Crippen LogP contribution in [-0.2, 0) is 4.74 Å². The largest absolute Gasteiger partial charge is 0.465 e. The predicted octanol–water partition coefficient (Wildman–Crippen LogP) is 2.16. The Morgan fingerprint density at radius 3 is 2.91 bits per heavy atom. The van der Waals surface area contributed by atoms with Gasteiger partial charge in [0.05, 0.1) is 12.7 Å². The highest BCUT2D eigenvalue weighted by molar-refractivity contribution is 5.93. The third-order valence-electron chi connectivity index (χ3n) is 3.48. The van der Waals surface area contributed by atoms with Gasteiger partial charge in [-0.2, -0.15) is 0 Å². The molecule has 0 bridgehead atoms. The molecule has 7 heteroatoms. The van der Waals surface area contributed by atoms with E-state index in [1.165, 1.54) is 20.0 Å². The summed E-state index contributed by atoms with van der Waals surface area (Å²) in [5.41, 5.74) is 0.972. The molecule has 0 saturated carbocycles. The van der Waals surface area contributed by atoms with Crippen LogP contribution in [0.2, 0.25) is 0 Å². The number of esters is 1. The number of carbonyl (C=O) groups excluding carboxylic acids is 2. The van der Waals surface area contributed by atoms with E-state index >= 15 is 0 Å². The van der Waals surface area contributed by atoms with Crippen LogP contribution in [0.3, 0.4) is 0 Å². The molecule has 2 amide bonds. The second-order valence-corrected chi connectivity index (χ2v) is 5.04. The van der Waals surface area contributed by atoms with Crippen molar-refractivity contribution in [1.29, 1.82) is 0 Å². The fraction of sp³-hybridized carbons (Fsp3) is 0.467. The number of nitrogens with one attached hydrogen (secondary N) is 3. The van der Waals surface area contributed by atoms with E-state index in [-0.39, 0.29) is 18.4 Å². The van der Waals surface area contributed by atoms with Crippen molar-refractivity contribution in [2.45, 2.75) is 25.3 Å². The molecular formula is C15H22ClN3O3. The molecule has 0 unspecified atom stereocenters. The first kappa shape index (κ1) is 18.3. The van der Waals surface area contributed by atoms with Gasteiger partial charge in [0, 0.05) is 18.3 Å². The highest BCUT2D eigenvalue weighted by Crippen LogP contribution is 2.11. The number of ether oxygens (including phenoxy) is 1. The van der Waals surface area contributed by atoms with Crippen molar-refractivity contribution in [3.8, 4) is 0 Å². The first-order chi connectivity index (χ1) is 10.2. The van der Waals surface area contributed by atoms with Crippen LogP contribution in [0.4, 0.5) is 10.5 Å². The van der Waals surface area contributed by atoms with E-state index in [1.54, 1.807) is 24.3 Å².